The number of aliphatic hydroxyl groups is 1. The lowest BCUT2D eigenvalue weighted by atomic mass is 10.2. The molecule has 128 valence electrons. The molecule has 2 fully saturated rings. The van der Waals surface area contributed by atoms with E-state index in [1.54, 1.807) is 0 Å². The van der Waals surface area contributed by atoms with Gasteiger partial charge in [-0.2, -0.15) is 0 Å². The van der Waals surface area contributed by atoms with Crippen LogP contribution in [0.4, 0.5) is 0 Å². The quantitative estimate of drug-likeness (QED) is 0.923. The Morgan fingerprint density at radius 3 is 2.62 bits per heavy atom. The second-order valence-electron chi connectivity index (χ2n) is 6.61. The first kappa shape index (κ1) is 16.2. The van der Waals surface area contributed by atoms with E-state index in [2.05, 4.69) is 52.3 Å². The highest BCUT2D eigenvalue weighted by atomic mass is 32.1. The highest BCUT2D eigenvalue weighted by molar-refractivity contribution is 7.15. The molecule has 2 aromatic rings. The topological polar surface area (TPSA) is 35.9 Å². The summed E-state index contributed by atoms with van der Waals surface area (Å²) in [7, 11) is 0. The van der Waals surface area contributed by atoms with Crippen LogP contribution in [-0.2, 0) is 11.3 Å². The van der Waals surface area contributed by atoms with Gasteiger partial charge >= 0.3 is 0 Å². The summed E-state index contributed by atoms with van der Waals surface area (Å²) in [5.41, 5.74) is 1.28. The Hall–Kier alpha value is -1.24. The molecule has 0 radical (unpaired) electrons. The molecule has 2 saturated heterocycles. The van der Waals surface area contributed by atoms with Crippen molar-refractivity contribution in [3.63, 3.8) is 0 Å². The van der Waals surface area contributed by atoms with Gasteiger partial charge in [0.25, 0.3) is 0 Å². The lowest BCUT2D eigenvalue weighted by molar-refractivity contribution is -0.00617. The minimum Gasteiger partial charge on any atom is -0.390 e. The Morgan fingerprint density at radius 1 is 1.04 bits per heavy atom. The number of morpholine rings is 1. The average Bonchev–Trinajstić information content (AvgIpc) is 3.23. The SMILES string of the molecule is O[C@@H]1CN(Cc2ccc(-c3ccccc3)s2)C[C@H]1N1CCOCC1. The maximum absolute atomic E-state index is 10.5. The molecule has 2 atom stereocenters. The van der Waals surface area contributed by atoms with Crippen molar-refractivity contribution in [3.05, 3.63) is 47.3 Å². The van der Waals surface area contributed by atoms with Crippen LogP contribution in [0.1, 0.15) is 4.88 Å². The highest BCUT2D eigenvalue weighted by Crippen LogP contribution is 2.29. The molecule has 1 aromatic heterocycles. The van der Waals surface area contributed by atoms with Crippen molar-refractivity contribution in [2.24, 2.45) is 0 Å². The molecule has 2 aliphatic heterocycles. The minimum absolute atomic E-state index is 0.252. The van der Waals surface area contributed by atoms with Gasteiger partial charge in [-0.1, -0.05) is 30.3 Å². The van der Waals surface area contributed by atoms with Gasteiger partial charge in [0.05, 0.1) is 19.3 Å². The van der Waals surface area contributed by atoms with E-state index in [1.165, 1.54) is 15.3 Å². The smallest absolute Gasteiger partial charge is 0.0834 e. The predicted molar refractivity (Wildman–Crippen MR) is 97.2 cm³/mol. The summed E-state index contributed by atoms with van der Waals surface area (Å²) in [6.07, 6.45) is -0.253. The molecule has 24 heavy (non-hydrogen) atoms. The number of aliphatic hydroxyl groups excluding tert-OH is 1. The summed E-state index contributed by atoms with van der Waals surface area (Å²) < 4.78 is 5.43. The third-order valence-electron chi connectivity index (χ3n) is 4.95. The molecule has 1 aromatic carbocycles. The van der Waals surface area contributed by atoms with Crippen LogP contribution in [0.2, 0.25) is 0 Å². The zero-order valence-corrected chi connectivity index (χ0v) is 14.6. The molecule has 0 bridgehead atoms. The second-order valence-corrected chi connectivity index (χ2v) is 7.78. The summed E-state index contributed by atoms with van der Waals surface area (Å²) >= 11 is 1.85. The largest absolute Gasteiger partial charge is 0.390 e. The molecule has 0 aliphatic carbocycles. The number of likely N-dealkylation sites (tertiary alicyclic amines) is 1. The van der Waals surface area contributed by atoms with E-state index in [4.69, 9.17) is 4.74 Å². The first-order valence-corrected chi connectivity index (χ1v) is 9.47. The second kappa shape index (κ2) is 7.33. The first-order chi connectivity index (χ1) is 11.8. The van der Waals surface area contributed by atoms with Gasteiger partial charge in [0.1, 0.15) is 0 Å². The summed E-state index contributed by atoms with van der Waals surface area (Å²) in [5, 5.41) is 10.5. The lowest BCUT2D eigenvalue weighted by Gasteiger charge is -2.33. The predicted octanol–water partition coefficient (Wildman–Crippen LogP) is 2.29. The first-order valence-electron chi connectivity index (χ1n) is 8.66. The Balaban J connectivity index is 1.38. The van der Waals surface area contributed by atoms with E-state index in [0.29, 0.717) is 0 Å². The third kappa shape index (κ3) is 3.55. The monoisotopic (exact) mass is 344 g/mol. The maximum atomic E-state index is 10.5. The standard InChI is InChI=1S/C19H24N2O2S/c22-18-14-20(13-17(18)21-8-10-23-11-9-21)12-16-6-7-19(24-16)15-4-2-1-3-5-15/h1-7,17-18,22H,8-14H2/t17-,18-/m1/s1. The molecule has 4 nitrogen and oxygen atoms in total. The van der Waals surface area contributed by atoms with Crippen molar-refractivity contribution in [2.45, 2.75) is 18.7 Å². The number of ether oxygens (including phenoxy) is 1. The molecule has 5 heteroatoms. The Labute approximate surface area is 147 Å². The van der Waals surface area contributed by atoms with Crippen LogP contribution in [0.5, 0.6) is 0 Å². The van der Waals surface area contributed by atoms with E-state index in [1.807, 2.05) is 11.3 Å². The van der Waals surface area contributed by atoms with Crippen molar-refractivity contribution < 1.29 is 9.84 Å². The number of hydrogen-bond donors (Lipinski definition) is 1. The number of β-amino-alcohol motifs (C(OH)–C–C–N with tert-alkyl or cyclic N) is 1. The summed E-state index contributed by atoms with van der Waals surface area (Å²) in [5.74, 6) is 0. The molecule has 0 amide bonds. The Kier molecular flexibility index (Phi) is 4.96. The fraction of sp³-hybridized carbons (Fsp3) is 0.474. The zero-order valence-electron chi connectivity index (χ0n) is 13.8. The summed E-state index contributed by atoms with van der Waals surface area (Å²) in [6, 6.07) is 15.2. The van der Waals surface area contributed by atoms with Gasteiger partial charge < -0.3 is 9.84 Å². The van der Waals surface area contributed by atoms with Crippen molar-refractivity contribution in [1.29, 1.82) is 0 Å². The number of hydrogen-bond acceptors (Lipinski definition) is 5. The van der Waals surface area contributed by atoms with Crippen LogP contribution in [0.15, 0.2) is 42.5 Å². The van der Waals surface area contributed by atoms with Gasteiger partial charge in [0.2, 0.25) is 0 Å². The highest BCUT2D eigenvalue weighted by Gasteiger charge is 2.36. The van der Waals surface area contributed by atoms with Crippen LogP contribution in [0.25, 0.3) is 10.4 Å². The molecule has 0 spiro atoms. The molecule has 0 unspecified atom stereocenters. The number of benzene rings is 1. The van der Waals surface area contributed by atoms with Crippen molar-refractivity contribution in [1.82, 2.24) is 9.80 Å². The summed E-state index contributed by atoms with van der Waals surface area (Å²) in [4.78, 5) is 7.45. The van der Waals surface area contributed by atoms with Crippen molar-refractivity contribution in [2.75, 3.05) is 39.4 Å². The van der Waals surface area contributed by atoms with Crippen LogP contribution in [0.3, 0.4) is 0 Å². The fourth-order valence-corrected chi connectivity index (χ4v) is 4.74. The molecular weight excluding hydrogens is 320 g/mol. The minimum atomic E-state index is -0.253. The molecular formula is C19H24N2O2S. The van der Waals surface area contributed by atoms with Gasteiger partial charge in [0, 0.05) is 48.5 Å². The van der Waals surface area contributed by atoms with Crippen LogP contribution in [-0.4, -0.2) is 66.4 Å². The number of thiophene rings is 1. The maximum Gasteiger partial charge on any atom is 0.0834 e. The molecule has 4 rings (SSSR count). The molecule has 2 aliphatic rings. The van der Waals surface area contributed by atoms with Crippen molar-refractivity contribution in [3.8, 4) is 10.4 Å². The van der Waals surface area contributed by atoms with Crippen LogP contribution >= 0.6 is 11.3 Å². The number of rotatable bonds is 4. The van der Waals surface area contributed by atoms with E-state index < -0.39 is 0 Å². The molecule has 1 N–H and O–H groups in total. The van der Waals surface area contributed by atoms with E-state index in [9.17, 15) is 5.11 Å². The molecule has 0 saturated carbocycles. The van der Waals surface area contributed by atoms with Gasteiger partial charge in [0.15, 0.2) is 0 Å². The van der Waals surface area contributed by atoms with Gasteiger partial charge in [-0.15, -0.1) is 11.3 Å². The Morgan fingerprint density at radius 2 is 1.83 bits per heavy atom. The number of nitrogens with zero attached hydrogens (tertiary/aromatic N) is 2. The lowest BCUT2D eigenvalue weighted by Crippen LogP contribution is -2.48. The summed E-state index contributed by atoms with van der Waals surface area (Å²) in [6.45, 7) is 6.08. The fourth-order valence-electron chi connectivity index (χ4n) is 3.68. The zero-order chi connectivity index (χ0) is 16.4. The average molecular weight is 344 g/mol. The third-order valence-corrected chi connectivity index (χ3v) is 6.07. The molecule has 3 heterocycles. The normalized spacial score (nSPS) is 26.0. The van der Waals surface area contributed by atoms with Crippen molar-refractivity contribution >= 4 is 11.3 Å². The Bertz CT molecular complexity index is 654. The van der Waals surface area contributed by atoms with Gasteiger partial charge in [-0.3, -0.25) is 9.80 Å². The van der Waals surface area contributed by atoms with E-state index in [-0.39, 0.29) is 12.1 Å². The van der Waals surface area contributed by atoms with Gasteiger partial charge in [-0.25, -0.2) is 0 Å². The van der Waals surface area contributed by atoms with Gasteiger partial charge in [-0.05, 0) is 17.7 Å². The van der Waals surface area contributed by atoms with Crippen LogP contribution < -0.4 is 0 Å². The van der Waals surface area contributed by atoms with Crippen LogP contribution in [0, 0.1) is 0 Å². The van der Waals surface area contributed by atoms with E-state index in [0.717, 1.165) is 45.9 Å². The van der Waals surface area contributed by atoms with E-state index >= 15 is 0 Å².